The van der Waals surface area contributed by atoms with E-state index in [-0.39, 0.29) is 6.54 Å². The van der Waals surface area contributed by atoms with E-state index < -0.39 is 0 Å². The summed E-state index contributed by atoms with van der Waals surface area (Å²) in [6.45, 7) is 0.780. The number of thioether (sulfide) groups is 1. The van der Waals surface area contributed by atoms with Crippen molar-refractivity contribution < 1.29 is 14.3 Å². The Labute approximate surface area is 160 Å². The van der Waals surface area contributed by atoms with Crippen LogP contribution in [0.5, 0.6) is 5.75 Å². The molecule has 2 aromatic carbocycles. The normalized spacial score (nSPS) is 11.2. The smallest absolute Gasteiger partial charge is 0.139 e. The Morgan fingerprint density at radius 2 is 2.04 bits per heavy atom. The fraction of sp³-hybridized carbons (Fsp3) is 0.211. The molecule has 0 saturated carbocycles. The Hall–Kier alpha value is -1.76. The molecule has 0 fully saturated rings. The second-order valence-corrected chi connectivity index (χ2v) is 7.11. The SMILES string of the molecule is COC/C(=C\c1ccc(OC)c(Br)c1)Sc1ccccc1NCC=O. The van der Waals surface area contributed by atoms with Gasteiger partial charge in [0.2, 0.25) is 0 Å². The van der Waals surface area contributed by atoms with Crippen LogP contribution in [0.3, 0.4) is 0 Å². The van der Waals surface area contributed by atoms with Crippen molar-refractivity contribution in [2.45, 2.75) is 4.90 Å². The second kappa shape index (κ2) is 10.3. The van der Waals surface area contributed by atoms with Gasteiger partial charge in [0.15, 0.2) is 0 Å². The minimum Gasteiger partial charge on any atom is -0.496 e. The summed E-state index contributed by atoms with van der Waals surface area (Å²) in [7, 11) is 3.32. The van der Waals surface area contributed by atoms with Crippen LogP contribution in [0.15, 0.2) is 56.7 Å². The third-order valence-corrected chi connectivity index (χ3v) is 4.99. The highest BCUT2D eigenvalue weighted by atomic mass is 79.9. The molecule has 6 heteroatoms. The molecule has 0 aliphatic heterocycles. The molecule has 0 bridgehead atoms. The van der Waals surface area contributed by atoms with Crippen molar-refractivity contribution in [3.8, 4) is 5.75 Å². The van der Waals surface area contributed by atoms with Crippen molar-refractivity contribution in [2.24, 2.45) is 0 Å². The lowest BCUT2D eigenvalue weighted by atomic mass is 10.2. The number of hydrogen-bond acceptors (Lipinski definition) is 5. The number of aldehydes is 1. The molecule has 2 aromatic rings. The summed E-state index contributed by atoms with van der Waals surface area (Å²) in [4.78, 5) is 12.7. The average molecular weight is 422 g/mol. The van der Waals surface area contributed by atoms with E-state index in [1.807, 2.05) is 42.5 Å². The number of carbonyl (C=O) groups is 1. The van der Waals surface area contributed by atoms with E-state index in [4.69, 9.17) is 9.47 Å². The number of hydrogen-bond donors (Lipinski definition) is 1. The number of carbonyl (C=O) groups excluding carboxylic acids is 1. The minimum atomic E-state index is 0.284. The zero-order valence-electron chi connectivity index (χ0n) is 14.1. The molecule has 0 radical (unpaired) electrons. The maximum Gasteiger partial charge on any atom is 0.139 e. The molecule has 0 aliphatic rings. The monoisotopic (exact) mass is 421 g/mol. The number of halogens is 1. The number of benzene rings is 2. The quantitative estimate of drug-likeness (QED) is 0.463. The van der Waals surface area contributed by atoms with Crippen LogP contribution in [0.1, 0.15) is 5.56 Å². The lowest BCUT2D eigenvalue weighted by molar-refractivity contribution is -0.106. The van der Waals surface area contributed by atoms with Crippen LogP contribution >= 0.6 is 27.7 Å². The molecule has 132 valence electrons. The van der Waals surface area contributed by atoms with Gasteiger partial charge in [0, 0.05) is 22.6 Å². The highest BCUT2D eigenvalue weighted by Crippen LogP contribution is 2.34. The van der Waals surface area contributed by atoms with Crippen LogP contribution in [0, 0.1) is 0 Å². The Morgan fingerprint density at radius 1 is 1.24 bits per heavy atom. The standard InChI is InChI=1S/C19H20BrNO3S/c1-23-13-15(11-14-7-8-18(24-2)16(20)12-14)25-19-6-4-3-5-17(19)21-9-10-22/h3-8,10-12,21H,9,13H2,1-2H3/b15-11+. The summed E-state index contributed by atoms with van der Waals surface area (Å²) in [6.07, 6.45) is 2.93. The van der Waals surface area contributed by atoms with Crippen molar-refractivity contribution in [2.75, 3.05) is 32.7 Å². The van der Waals surface area contributed by atoms with Crippen molar-refractivity contribution in [3.63, 3.8) is 0 Å². The molecule has 25 heavy (non-hydrogen) atoms. The van der Waals surface area contributed by atoms with Gasteiger partial charge in [-0.2, -0.15) is 0 Å². The highest BCUT2D eigenvalue weighted by molar-refractivity contribution is 9.10. The minimum absolute atomic E-state index is 0.284. The molecule has 4 nitrogen and oxygen atoms in total. The van der Waals surface area contributed by atoms with E-state index in [0.29, 0.717) is 6.61 Å². The van der Waals surface area contributed by atoms with E-state index in [1.54, 1.807) is 26.0 Å². The Balaban J connectivity index is 2.26. The molecule has 0 atom stereocenters. The van der Waals surface area contributed by atoms with Gasteiger partial charge in [0.25, 0.3) is 0 Å². The maximum absolute atomic E-state index is 10.6. The lowest BCUT2D eigenvalue weighted by Crippen LogP contribution is -2.03. The van der Waals surface area contributed by atoms with Gasteiger partial charge in [0.05, 0.1) is 24.7 Å². The van der Waals surface area contributed by atoms with Gasteiger partial charge in [-0.1, -0.05) is 30.0 Å². The van der Waals surface area contributed by atoms with Gasteiger partial charge in [-0.15, -0.1) is 0 Å². The van der Waals surface area contributed by atoms with E-state index >= 15 is 0 Å². The Kier molecular flexibility index (Phi) is 8.04. The number of rotatable bonds is 9. The lowest BCUT2D eigenvalue weighted by Gasteiger charge is -2.12. The van der Waals surface area contributed by atoms with Gasteiger partial charge in [0.1, 0.15) is 12.0 Å². The van der Waals surface area contributed by atoms with Crippen molar-refractivity contribution in [1.29, 1.82) is 0 Å². The van der Waals surface area contributed by atoms with E-state index in [0.717, 1.165) is 37.6 Å². The molecule has 2 rings (SSSR count). The van der Waals surface area contributed by atoms with E-state index in [1.165, 1.54) is 0 Å². The fourth-order valence-corrected chi connectivity index (χ4v) is 3.81. The molecular formula is C19H20BrNO3S. The Morgan fingerprint density at radius 3 is 2.72 bits per heavy atom. The van der Waals surface area contributed by atoms with Gasteiger partial charge >= 0.3 is 0 Å². The largest absolute Gasteiger partial charge is 0.496 e. The summed E-state index contributed by atoms with van der Waals surface area (Å²) < 4.78 is 11.5. The van der Waals surface area contributed by atoms with Crippen LogP contribution in [0.25, 0.3) is 6.08 Å². The number of ether oxygens (including phenoxy) is 2. The first-order chi connectivity index (χ1) is 12.2. The third kappa shape index (κ3) is 5.92. The number of para-hydroxylation sites is 1. The molecule has 1 N–H and O–H groups in total. The van der Waals surface area contributed by atoms with Gasteiger partial charge in [-0.05, 0) is 51.8 Å². The fourth-order valence-electron chi connectivity index (χ4n) is 2.20. The molecule has 0 heterocycles. The zero-order valence-corrected chi connectivity index (χ0v) is 16.5. The molecule has 0 saturated heterocycles. The van der Waals surface area contributed by atoms with Crippen LogP contribution in [-0.4, -0.2) is 33.7 Å². The summed E-state index contributed by atoms with van der Waals surface area (Å²) in [6, 6.07) is 13.8. The molecule has 0 aromatic heterocycles. The molecule has 0 unspecified atom stereocenters. The first kappa shape index (κ1) is 19.6. The average Bonchev–Trinajstić information content (AvgIpc) is 2.61. The van der Waals surface area contributed by atoms with Gasteiger partial charge in [-0.25, -0.2) is 0 Å². The Bertz CT molecular complexity index is 749. The first-order valence-corrected chi connectivity index (χ1v) is 9.26. The van der Waals surface area contributed by atoms with Crippen LogP contribution in [-0.2, 0) is 9.53 Å². The molecular weight excluding hydrogens is 402 g/mol. The van der Waals surface area contributed by atoms with Crippen molar-refractivity contribution >= 4 is 45.7 Å². The van der Waals surface area contributed by atoms with E-state index in [2.05, 4.69) is 27.3 Å². The summed E-state index contributed by atoms with van der Waals surface area (Å²) in [5.74, 6) is 0.793. The highest BCUT2D eigenvalue weighted by Gasteiger charge is 2.07. The van der Waals surface area contributed by atoms with Crippen LogP contribution in [0.4, 0.5) is 5.69 Å². The second-order valence-electron chi connectivity index (χ2n) is 5.08. The predicted molar refractivity (Wildman–Crippen MR) is 107 cm³/mol. The molecule has 0 aliphatic carbocycles. The summed E-state index contributed by atoms with van der Waals surface area (Å²) >= 11 is 5.12. The van der Waals surface area contributed by atoms with Crippen LogP contribution < -0.4 is 10.1 Å². The predicted octanol–water partition coefficient (Wildman–Crippen LogP) is 4.85. The van der Waals surface area contributed by atoms with Crippen molar-refractivity contribution in [3.05, 3.63) is 57.4 Å². The first-order valence-electron chi connectivity index (χ1n) is 7.65. The molecule has 0 spiro atoms. The van der Waals surface area contributed by atoms with Crippen LogP contribution in [0.2, 0.25) is 0 Å². The number of nitrogens with one attached hydrogen (secondary N) is 1. The number of anilines is 1. The van der Waals surface area contributed by atoms with E-state index in [9.17, 15) is 4.79 Å². The third-order valence-electron chi connectivity index (χ3n) is 3.29. The topological polar surface area (TPSA) is 47.6 Å². The summed E-state index contributed by atoms with van der Waals surface area (Å²) in [5, 5.41) is 3.12. The number of methoxy groups -OCH3 is 2. The maximum atomic E-state index is 10.6. The summed E-state index contributed by atoms with van der Waals surface area (Å²) in [5.41, 5.74) is 1.98. The zero-order chi connectivity index (χ0) is 18.1. The van der Waals surface area contributed by atoms with Crippen molar-refractivity contribution in [1.82, 2.24) is 0 Å². The molecule has 0 amide bonds. The van der Waals surface area contributed by atoms with Gasteiger partial charge in [-0.3, -0.25) is 0 Å². The van der Waals surface area contributed by atoms with Gasteiger partial charge < -0.3 is 19.6 Å².